The molecule has 3 aliphatic rings. The Morgan fingerprint density at radius 1 is 1.40 bits per heavy atom. The summed E-state index contributed by atoms with van der Waals surface area (Å²) in [7, 11) is 0. The quantitative estimate of drug-likeness (QED) is 0.831. The zero-order valence-corrected chi connectivity index (χ0v) is 12.1. The van der Waals surface area contributed by atoms with Crippen LogP contribution in [0.25, 0.3) is 0 Å². The molecule has 1 spiro atoms. The summed E-state index contributed by atoms with van der Waals surface area (Å²) in [5.41, 5.74) is 1.29. The van der Waals surface area contributed by atoms with Crippen molar-refractivity contribution in [2.45, 2.75) is 57.9 Å². The van der Waals surface area contributed by atoms with Crippen molar-refractivity contribution in [1.82, 2.24) is 10.1 Å². The van der Waals surface area contributed by atoms with Gasteiger partial charge < -0.3 is 9.42 Å². The number of rotatable bonds is 2. The van der Waals surface area contributed by atoms with Gasteiger partial charge in [0.1, 0.15) is 0 Å². The van der Waals surface area contributed by atoms with Crippen molar-refractivity contribution in [1.29, 1.82) is 0 Å². The van der Waals surface area contributed by atoms with E-state index in [0.717, 1.165) is 37.3 Å². The number of hydrogen-bond acceptors (Lipinski definition) is 3. The number of likely N-dealkylation sites (tertiary alicyclic amines) is 1. The molecular formula is C16H22N2O2. The van der Waals surface area contributed by atoms with Gasteiger partial charge in [-0.3, -0.25) is 4.79 Å². The molecule has 0 bridgehead atoms. The highest BCUT2D eigenvalue weighted by Gasteiger charge is 2.60. The molecule has 0 radical (unpaired) electrons. The van der Waals surface area contributed by atoms with Crippen LogP contribution in [0.15, 0.2) is 10.6 Å². The van der Waals surface area contributed by atoms with Crippen molar-refractivity contribution in [2.24, 2.45) is 11.3 Å². The molecule has 20 heavy (non-hydrogen) atoms. The van der Waals surface area contributed by atoms with Crippen LogP contribution in [0.3, 0.4) is 0 Å². The van der Waals surface area contributed by atoms with Crippen molar-refractivity contribution >= 4 is 5.91 Å². The lowest BCUT2D eigenvalue weighted by atomic mass is 10.0. The minimum absolute atomic E-state index is 0.128. The van der Waals surface area contributed by atoms with Gasteiger partial charge in [0.25, 0.3) is 0 Å². The fourth-order valence-corrected chi connectivity index (χ4v) is 4.40. The Bertz CT molecular complexity index is 530. The minimum Gasteiger partial charge on any atom is -0.359 e. The van der Waals surface area contributed by atoms with Crippen LogP contribution in [0.2, 0.25) is 0 Å². The zero-order valence-electron chi connectivity index (χ0n) is 12.1. The van der Waals surface area contributed by atoms with Gasteiger partial charge in [-0.25, -0.2) is 0 Å². The van der Waals surface area contributed by atoms with E-state index in [4.69, 9.17) is 4.52 Å². The fourth-order valence-electron chi connectivity index (χ4n) is 4.40. The van der Waals surface area contributed by atoms with Crippen molar-refractivity contribution < 1.29 is 9.32 Å². The lowest BCUT2D eigenvalue weighted by molar-refractivity contribution is -0.134. The number of carbonyl (C=O) groups is 1. The zero-order chi connectivity index (χ0) is 13.7. The number of carbonyl (C=O) groups excluding carboxylic acids is 1. The standard InChI is InChI=1S/C16H22N2O2/c1-11-9-14(20-17-11)13-5-4-8-18(13)15(19)12-10-16(12)6-2-3-7-16/h9,12-13H,2-8,10H2,1H3. The van der Waals surface area contributed by atoms with E-state index in [1.807, 2.05) is 13.0 Å². The predicted octanol–water partition coefficient (Wildman–Crippen LogP) is 3.23. The van der Waals surface area contributed by atoms with Crippen molar-refractivity contribution in [3.63, 3.8) is 0 Å². The summed E-state index contributed by atoms with van der Waals surface area (Å²) in [5.74, 6) is 1.55. The molecule has 4 rings (SSSR count). The molecule has 2 unspecified atom stereocenters. The molecule has 0 aromatic carbocycles. The third-order valence-corrected chi connectivity index (χ3v) is 5.60. The third kappa shape index (κ3) is 1.80. The number of amides is 1. The molecule has 1 saturated heterocycles. The Labute approximate surface area is 119 Å². The molecule has 2 heterocycles. The first-order valence-corrected chi connectivity index (χ1v) is 7.93. The van der Waals surface area contributed by atoms with E-state index in [-0.39, 0.29) is 6.04 Å². The van der Waals surface area contributed by atoms with E-state index in [0.29, 0.717) is 17.2 Å². The molecule has 1 amide bonds. The Morgan fingerprint density at radius 3 is 2.90 bits per heavy atom. The van der Waals surface area contributed by atoms with Crippen LogP contribution in [0.4, 0.5) is 0 Å². The van der Waals surface area contributed by atoms with Crippen molar-refractivity contribution in [3.05, 3.63) is 17.5 Å². The first-order chi connectivity index (χ1) is 9.70. The molecule has 4 nitrogen and oxygen atoms in total. The maximum Gasteiger partial charge on any atom is 0.226 e. The summed E-state index contributed by atoms with van der Waals surface area (Å²) in [6.45, 7) is 2.82. The normalized spacial score (nSPS) is 31.1. The summed E-state index contributed by atoms with van der Waals surface area (Å²) in [4.78, 5) is 14.9. The van der Waals surface area contributed by atoms with Gasteiger partial charge in [0, 0.05) is 18.5 Å². The molecule has 4 heteroatoms. The van der Waals surface area contributed by atoms with Crippen LogP contribution >= 0.6 is 0 Å². The Morgan fingerprint density at radius 2 is 2.20 bits per heavy atom. The highest BCUT2D eigenvalue weighted by atomic mass is 16.5. The van der Waals surface area contributed by atoms with Gasteiger partial charge >= 0.3 is 0 Å². The first-order valence-electron chi connectivity index (χ1n) is 7.93. The topological polar surface area (TPSA) is 46.3 Å². The average Bonchev–Trinajstić information content (AvgIpc) is 2.89. The Balaban J connectivity index is 1.51. The third-order valence-electron chi connectivity index (χ3n) is 5.60. The van der Waals surface area contributed by atoms with E-state index in [1.54, 1.807) is 0 Å². The summed E-state index contributed by atoms with van der Waals surface area (Å²) < 4.78 is 5.40. The second kappa shape index (κ2) is 4.34. The highest BCUT2D eigenvalue weighted by molar-refractivity contribution is 5.83. The average molecular weight is 274 g/mol. The van der Waals surface area contributed by atoms with Gasteiger partial charge in [-0.15, -0.1) is 0 Å². The maximum atomic E-state index is 12.8. The minimum atomic E-state index is 0.128. The van der Waals surface area contributed by atoms with Crippen molar-refractivity contribution in [2.75, 3.05) is 6.54 Å². The second-order valence-corrected chi connectivity index (χ2v) is 6.89. The van der Waals surface area contributed by atoms with E-state index < -0.39 is 0 Å². The molecule has 2 saturated carbocycles. The van der Waals surface area contributed by atoms with Gasteiger partial charge in [-0.05, 0) is 44.4 Å². The SMILES string of the molecule is Cc1cc(C2CCCN2C(=O)C2CC23CCCC3)on1. The highest BCUT2D eigenvalue weighted by Crippen LogP contribution is 2.63. The maximum absolute atomic E-state index is 12.8. The van der Waals surface area contributed by atoms with Gasteiger partial charge in [-0.1, -0.05) is 18.0 Å². The van der Waals surface area contributed by atoms with Crippen molar-refractivity contribution in [3.8, 4) is 0 Å². The molecule has 1 aliphatic heterocycles. The summed E-state index contributed by atoms with van der Waals surface area (Å²) in [6.07, 6.45) is 8.39. The molecule has 2 atom stereocenters. The number of nitrogens with zero attached hydrogens (tertiary/aromatic N) is 2. The molecular weight excluding hydrogens is 252 g/mol. The fraction of sp³-hybridized carbons (Fsp3) is 0.750. The monoisotopic (exact) mass is 274 g/mol. The number of aryl methyl sites for hydroxylation is 1. The molecule has 108 valence electrons. The molecule has 2 aliphatic carbocycles. The van der Waals surface area contributed by atoms with Crippen LogP contribution in [-0.4, -0.2) is 22.5 Å². The summed E-state index contributed by atoms with van der Waals surface area (Å²) in [5, 5.41) is 3.97. The molecule has 1 aromatic rings. The Kier molecular flexibility index (Phi) is 2.69. The van der Waals surface area contributed by atoms with Crippen LogP contribution < -0.4 is 0 Å². The van der Waals surface area contributed by atoms with Crippen LogP contribution in [-0.2, 0) is 4.79 Å². The predicted molar refractivity (Wildman–Crippen MR) is 73.9 cm³/mol. The molecule has 0 N–H and O–H groups in total. The number of hydrogen-bond donors (Lipinski definition) is 0. The first kappa shape index (κ1) is 12.4. The van der Waals surface area contributed by atoms with Gasteiger partial charge in [0.15, 0.2) is 5.76 Å². The van der Waals surface area contributed by atoms with Crippen LogP contribution in [0.5, 0.6) is 0 Å². The smallest absolute Gasteiger partial charge is 0.226 e. The molecule has 1 aromatic heterocycles. The summed E-state index contributed by atoms with van der Waals surface area (Å²) in [6, 6.07) is 2.11. The van der Waals surface area contributed by atoms with E-state index in [2.05, 4.69) is 10.1 Å². The van der Waals surface area contributed by atoms with E-state index >= 15 is 0 Å². The lowest BCUT2D eigenvalue weighted by Crippen LogP contribution is -2.33. The molecule has 3 fully saturated rings. The van der Waals surface area contributed by atoms with Gasteiger partial charge in [-0.2, -0.15) is 0 Å². The van der Waals surface area contributed by atoms with Crippen LogP contribution in [0, 0.1) is 18.3 Å². The Hall–Kier alpha value is -1.32. The largest absolute Gasteiger partial charge is 0.359 e. The summed E-state index contributed by atoms with van der Waals surface area (Å²) >= 11 is 0. The number of aromatic nitrogens is 1. The van der Waals surface area contributed by atoms with Crippen LogP contribution in [0.1, 0.15) is 62.4 Å². The van der Waals surface area contributed by atoms with Gasteiger partial charge in [0.2, 0.25) is 5.91 Å². The van der Waals surface area contributed by atoms with E-state index in [1.165, 1.54) is 25.7 Å². The lowest BCUT2D eigenvalue weighted by Gasteiger charge is -2.24. The van der Waals surface area contributed by atoms with Gasteiger partial charge in [0.05, 0.1) is 11.7 Å². The van der Waals surface area contributed by atoms with E-state index in [9.17, 15) is 4.79 Å². The second-order valence-electron chi connectivity index (χ2n) is 6.89.